The third kappa shape index (κ3) is 12.9. The minimum absolute atomic E-state index is 0.0419. The molecule has 0 bridgehead atoms. The molecule has 0 radical (unpaired) electrons. The number of ether oxygens (including phenoxy) is 1. The van der Waals surface area contributed by atoms with E-state index in [1.807, 2.05) is 18.2 Å². The molecule has 1 amide bonds. The van der Waals surface area contributed by atoms with Gasteiger partial charge in [-0.25, -0.2) is 0 Å². The first kappa shape index (κ1) is 22.7. The molecule has 0 aromatic rings. The molecule has 2 atom stereocenters. The summed E-state index contributed by atoms with van der Waals surface area (Å²) in [7, 11) is 0. The Labute approximate surface area is 159 Å². The third-order valence-corrected chi connectivity index (χ3v) is 4.51. The monoisotopic (exact) mass is 363 g/mol. The fourth-order valence-corrected chi connectivity index (χ4v) is 2.90. The Balaban J connectivity index is 1.94. The summed E-state index contributed by atoms with van der Waals surface area (Å²) in [4.78, 5) is 11.2. The summed E-state index contributed by atoms with van der Waals surface area (Å²) in [5, 5.41) is 11.1. The van der Waals surface area contributed by atoms with E-state index in [9.17, 15) is 4.79 Å². The maximum atomic E-state index is 11.2. The molecule has 4 heteroatoms. The van der Waals surface area contributed by atoms with Crippen LogP contribution in [0.15, 0.2) is 36.5 Å². The lowest BCUT2D eigenvalue weighted by atomic mass is 10.1. The van der Waals surface area contributed by atoms with Gasteiger partial charge in [0, 0.05) is 12.6 Å². The van der Waals surface area contributed by atoms with Crippen molar-refractivity contribution in [1.82, 2.24) is 5.32 Å². The molecule has 1 aliphatic heterocycles. The van der Waals surface area contributed by atoms with Gasteiger partial charge in [0.2, 0.25) is 5.91 Å². The normalized spacial score (nSPS) is 19.8. The molecule has 0 saturated carbocycles. The second-order valence-corrected chi connectivity index (χ2v) is 6.90. The Morgan fingerprint density at radius 2 is 1.62 bits per heavy atom. The van der Waals surface area contributed by atoms with Crippen molar-refractivity contribution in [3.05, 3.63) is 36.5 Å². The van der Waals surface area contributed by atoms with Crippen LogP contribution in [-0.2, 0) is 9.53 Å². The fourth-order valence-electron chi connectivity index (χ4n) is 2.90. The summed E-state index contributed by atoms with van der Waals surface area (Å²) in [6.45, 7) is 2.50. The van der Waals surface area contributed by atoms with E-state index in [1.54, 1.807) is 6.08 Å². The summed E-state index contributed by atoms with van der Waals surface area (Å²) in [6, 6.07) is 0. The maximum Gasteiger partial charge on any atom is 0.244 e. The van der Waals surface area contributed by atoms with Gasteiger partial charge in [-0.3, -0.25) is 4.79 Å². The molecule has 148 valence electrons. The molecular formula is C22H37NO3. The highest BCUT2D eigenvalue weighted by Crippen LogP contribution is 2.28. The van der Waals surface area contributed by atoms with Crippen LogP contribution in [0.5, 0.6) is 0 Å². The highest BCUT2D eigenvalue weighted by Gasteiger charge is 2.35. The molecule has 0 spiro atoms. The van der Waals surface area contributed by atoms with Gasteiger partial charge in [0.25, 0.3) is 0 Å². The van der Waals surface area contributed by atoms with Gasteiger partial charge < -0.3 is 15.2 Å². The number of carbonyl (C=O) groups is 1. The number of rotatable bonds is 16. The molecule has 1 heterocycles. The first-order valence-electron chi connectivity index (χ1n) is 10.3. The number of allylic oxidation sites excluding steroid dienone is 4. The summed E-state index contributed by atoms with van der Waals surface area (Å²) in [6.07, 6.45) is 25.0. The number of epoxide rings is 1. The molecule has 1 saturated heterocycles. The Morgan fingerprint density at radius 3 is 2.31 bits per heavy atom. The average Bonchev–Trinajstić information content (AvgIpc) is 3.39. The predicted molar refractivity (Wildman–Crippen MR) is 108 cm³/mol. The van der Waals surface area contributed by atoms with E-state index < -0.39 is 0 Å². The van der Waals surface area contributed by atoms with E-state index in [1.165, 1.54) is 70.3 Å². The molecule has 2 unspecified atom stereocenters. The third-order valence-electron chi connectivity index (χ3n) is 4.51. The lowest BCUT2D eigenvalue weighted by molar-refractivity contribution is -0.116. The molecule has 0 aromatic carbocycles. The summed E-state index contributed by atoms with van der Waals surface area (Å²) >= 11 is 0. The number of hydrogen-bond donors (Lipinski definition) is 2. The Hall–Kier alpha value is -1.39. The molecular weight excluding hydrogens is 326 g/mol. The zero-order valence-corrected chi connectivity index (χ0v) is 16.4. The van der Waals surface area contributed by atoms with Crippen LogP contribution in [0.1, 0.15) is 71.1 Å². The van der Waals surface area contributed by atoms with Gasteiger partial charge in [0.05, 0.1) is 12.7 Å². The van der Waals surface area contributed by atoms with Crippen molar-refractivity contribution in [2.75, 3.05) is 13.2 Å². The molecule has 1 fully saturated rings. The van der Waals surface area contributed by atoms with E-state index in [0.29, 0.717) is 6.10 Å². The Kier molecular flexibility index (Phi) is 13.8. The quantitative estimate of drug-likeness (QED) is 0.184. The molecule has 2 N–H and O–H groups in total. The lowest BCUT2D eigenvalue weighted by Crippen LogP contribution is -2.24. The number of amides is 1. The standard InChI is InChI=1S/C22H37NO3/c1-2-3-4-5-6-7-8-9-12-15-20-21(26-20)16-13-10-11-14-17-22(25)23-18-19-24/h10-11,13-14,16-17,20-21,24H,2-9,12,15,18-19H2,1H3,(H,23,25). The molecule has 4 nitrogen and oxygen atoms in total. The average molecular weight is 364 g/mol. The Bertz CT molecular complexity index is 443. The molecule has 0 aromatic heterocycles. The van der Waals surface area contributed by atoms with Crippen LogP contribution in [0.4, 0.5) is 0 Å². The van der Waals surface area contributed by atoms with Gasteiger partial charge in [0.1, 0.15) is 6.10 Å². The first-order valence-corrected chi connectivity index (χ1v) is 10.3. The van der Waals surface area contributed by atoms with Gasteiger partial charge in [-0.2, -0.15) is 0 Å². The predicted octanol–water partition coefficient (Wildman–Crippen LogP) is 4.45. The molecule has 1 rings (SSSR count). The zero-order chi connectivity index (χ0) is 18.9. The number of aliphatic hydroxyl groups is 1. The summed E-state index contributed by atoms with van der Waals surface area (Å²) in [5.74, 6) is -0.195. The van der Waals surface area contributed by atoms with Crippen LogP contribution >= 0.6 is 0 Å². The second-order valence-electron chi connectivity index (χ2n) is 6.90. The van der Waals surface area contributed by atoms with Crippen LogP contribution in [0.3, 0.4) is 0 Å². The minimum Gasteiger partial charge on any atom is -0.395 e. The highest BCUT2D eigenvalue weighted by atomic mass is 16.6. The van der Waals surface area contributed by atoms with E-state index in [-0.39, 0.29) is 25.2 Å². The zero-order valence-electron chi connectivity index (χ0n) is 16.4. The maximum absolute atomic E-state index is 11.2. The second kappa shape index (κ2) is 15.8. The number of nitrogens with one attached hydrogen (secondary N) is 1. The van der Waals surface area contributed by atoms with Crippen molar-refractivity contribution in [1.29, 1.82) is 0 Å². The van der Waals surface area contributed by atoms with Crippen molar-refractivity contribution in [2.24, 2.45) is 0 Å². The van der Waals surface area contributed by atoms with Crippen molar-refractivity contribution in [3.63, 3.8) is 0 Å². The lowest BCUT2D eigenvalue weighted by Gasteiger charge is -2.00. The van der Waals surface area contributed by atoms with Crippen molar-refractivity contribution in [2.45, 2.75) is 83.3 Å². The number of unbranched alkanes of at least 4 members (excludes halogenated alkanes) is 8. The first-order chi connectivity index (χ1) is 12.8. The summed E-state index contributed by atoms with van der Waals surface area (Å²) < 4.78 is 5.65. The van der Waals surface area contributed by atoms with E-state index in [0.717, 1.165) is 0 Å². The fraction of sp³-hybridized carbons (Fsp3) is 0.682. The van der Waals surface area contributed by atoms with Gasteiger partial charge in [-0.05, 0) is 6.42 Å². The van der Waals surface area contributed by atoms with Crippen LogP contribution in [0, 0.1) is 0 Å². The molecule has 1 aliphatic rings. The van der Waals surface area contributed by atoms with E-state index in [2.05, 4.69) is 18.3 Å². The van der Waals surface area contributed by atoms with Crippen molar-refractivity contribution >= 4 is 5.91 Å². The minimum atomic E-state index is -0.195. The van der Waals surface area contributed by atoms with E-state index in [4.69, 9.17) is 9.84 Å². The van der Waals surface area contributed by atoms with Gasteiger partial charge >= 0.3 is 0 Å². The van der Waals surface area contributed by atoms with Crippen LogP contribution in [0.2, 0.25) is 0 Å². The van der Waals surface area contributed by atoms with Gasteiger partial charge in [0.15, 0.2) is 0 Å². The molecule has 26 heavy (non-hydrogen) atoms. The number of hydrogen-bond acceptors (Lipinski definition) is 3. The Morgan fingerprint density at radius 1 is 0.962 bits per heavy atom. The topological polar surface area (TPSA) is 61.9 Å². The smallest absolute Gasteiger partial charge is 0.244 e. The number of aliphatic hydroxyl groups excluding tert-OH is 1. The highest BCUT2D eigenvalue weighted by molar-refractivity contribution is 5.87. The van der Waals surface area contributed by atoms with Crippen LogP contribution < -0.4 is 5.32 Å². The number of carbonyl (C=O) groups excluding carboxylic acids is 1. The van der Waals surface area contributed by atoms with Crippen molar-refractivity contribution in [3.8, 4) is 0 Å². The largest absolute Gasteiger partial charge is 0.395 e. The van der Waals surface area contributed by atoms with Crippen molar-refractivity contribution < 1.29 is 14.6 Å². The SMILES string of the molecule is CCCCCCCCCCCC1OC1C=CC=CC=CC(=O)NCCO. The van der Waals surface area contributed by atoms with Gasteiger partial charge in [-0.15, -0.1) is 0 Å². The van der Waals surface area contributed by atoms with Gasteiger partial charge in [-0.1, -0.05) is 95.1 Å². The summed E-state index contributed by atoms with van der Waals surface area (Å²) in [5.41, 5.74) is 0. The van der Waals surface area contributed by atoms with Crippen LogP contribution in [-0.4, -0.2) is 36.4 Å². The molecule has 0 aliphatic carbocycles. The van der Waals surface area contributed by atoms with E-state index >= 15 is 0 Å². The van der Waals surface area contributed by atoms with Crippen LogP contribution in [0.25, 0.3) is 0 Å².